The fraction of sp³-hybridized carbons (Fsp3) is 0.867. The summed E-state index contributed by atoms with van der Waals surface area (Å²) < 4.78 is 11.5. The summed E-state index contributed by atoms with van der Waals surface area (Å²) in [5.74, 6) is 0.406. The third-order valence-electron chi connectivity index (χ3n) is 4.52. The molecule has 1 aliphatic heterocycles. The second-order valence-corrected chi connectivity index (χ2v) is 8.44. The first kappa shape index (κ1) is 16.5. The van der Waals surface area contributed by atoms with E-state index in [1.165, 1.54) is 0 Å². The average Bonchev–Trinajstić information content (AvgIpc) is 3.22. The molecule has 21 heavy (non-hydrogen) atoms. The van der Waals surface area contributed by atoms with Crippen molar-refractivity contribution in [2.24, 2.45) is 11.8 Å². The fourth-order valence-electron chi connectivity index (χ4n) is 2.91. The highest BCUT2D eigenvalue weighted by atomic mass is 32.2. The Kier molecular flexibility index (Phi) is 5.07. The van der Waals surface area contributed by atoms with E-state index in [0.717, 1.165) is 12.8 Å². The lowest BCUT2D eigenvalue weighted by Gasteiger charge is -2.41. The maximum Gasteiger partial charge on any atom is 0.246 e. The monoisotopic (exact) mass is 314 g/mol. The quantitative estimate of drug-likeness (QED) is 0.792. The minimum atomic E-state index is -0.900. The van der Waals surface area contributed by atoms with Crippen LogP contribution in [0, 0.1) is 11.8 Å². The van der Waals surface area contributed by atoms with Crippen LogP contribution >= 0.6 is 0 Å². The van der Waals surface area contributed by atoms with Crippen LogP contribution in [0.25, 0.3) is 0 Å². The first-order valence-electron chi connectivity index (χ1n) is 7.76. The number of piperazine rings is 1. The molecule has 0 aromatic carbocycles. The van der Waals surface area contributed by atoms with Gasteiger partial charge in [0.2, 0.25) is 11.8 Å². The standard InChI is InChI=1S/C15H26N2O3S/c1-9(2)13-14(18)16-12(11-5-6-11)15(19)17(13)8-7-10(3)21(4)20/h9-13H,5-8H2,1-4H3,(H,16,18). The van der Waals surface area contributed by atoms with Gasteiger partial charge in [-0.3, -0.25) is 13.8 Å². The second kappa shape index (κ2) is 6.46. The van der Waals surface area contributed by atoms with Crippen molar-refractivity contribution >= 4 is 22.6 Å². The molecular formula is C15H26N2O3S. The Balaban J connectivity index is 2.11. The van der Waals surface area contributed by atoms with Crippen molar-refractivity contribution in [3.8, 4) is 0 Å². The van der Waals surface area contributed by atoms with E-state index < -0.39 is 16.8 Å². The molecule has 0 radical (unpaired) electrons. The summed E-state index contributed by atoms with van der Waals surface area (Å²) in [5.41, 5.74) is 0. The van der Waals surface area contributed by atoms with Crippen LogP contribution in [0.5, 0.6) is 0 Å². The highest BCUT2D eigenvalue weighted by molar-refractivity contribution is 7.84. The Hall–Kier alpha value is -0.910. The SMILES string of the molecule is CC(C)C1C(=O)NC(C2CC2)C(=O)N1CCC(C)S(C)=O. The summed E-state index contributed by atoms with van der Waals surface area (Å²) in [6.45, 7) is 6.36. The van der Waals surface area contributed by atoms with Crippen molar-refractivity contribution in [1.29, 1.82) is 0 Å². The van der Waals surface area contributed by atoms with Gasteiger partial charge in [-0.1, -0.05) is 20.8 Å². The summed E-state index contributed by atoms with van der Waals surface area (Å²) in [6, 6.07) is -0.736. The van der Waals surface area contributed by atoms with Crippen LogP contribution in [0.1, 0.15) is 40.0 Å². The van der Waals surface area contributed by atoms with Crippen molar-refractivity contribution in [2.45, 2.75) is 57.4 Å². The molecule has 1 saturated carbocycles. The number of hydrogen-bond acceptors (Lipinski definition) is 3. The van der Waals surface area contributed by atoms with Crippen LogP contribution in [-0.2, 0) is 20.4 Å². The van der Waals surface area contributed by atoms with Crippen LogP contribution in [-0.4, -0.2) is 51.1 Å². The normalized spacial score (nSPS) is 29.5. The van der Waals surface area contributed by atoms with Gasteiger partial charge in [0.05, 0.1) is 0 Å². The molecule has 1 heterocycles. The van der Waals surface area contributed by atoms with E-state index in [2.05, 4.69) is 5.32 Å². The van der Waals surface area contributed by atoms with E-state index in [4.69, 9.17) is 0 Å². The third-order valence-corrected chi connectivity index (χ3v) is 5.89. The molecule has 120 valence electrons. The minimum Gasteiger partial charge on any atom is -0.342 e. The van der Waals surface area contributed by atoms with Crippen LogP contribution in [0.15, 0.2) is 0 Å². The zero-order valence-corrected chi connectivity index (χ0v) is 14.1. The molecule has 1 N–H and O–H groups in total. The molecule has 0 bridgehead atoms. The van der Waals surface area contributed by atoms with Gasteiger partial charge >= 0.3 is 0 Å². The van der Waals surface area contributed by atoms with E-state index in [0.29, 0.717) is 18.9 Å². The van der Waals surface area contributed by atoms with Crippen molar-refractivity contribution in [3.05, 3.63) is 0 Å². The van der Waals surface area contributed by atoms with E-state index >= 15 is 0 Å². The smallest absolute Gasteiger partial charge is 0.246 e. The molecule has 4 unspecified atom stereocenters. The van der Waals surface area contributed by atoms with Crippen LogP contribution in [0.3, 0.4) is 0 Å². The highest BCUT2D eigenvalue weighted by Crippen LogP contribution is 2.35. The largest absolute Gasteiger partial charge is 0.342 e. The zero-order chi connectivity index (χ0) is 15.7. The third kappa shape index (κ3) is 3.65. The van der Waals surface area contributed by atoms with Gasteiger partial charge in [0.25, 0.3) is 0 Å². The second-order valence-electron chi connectivity index (χ2n) is 6.64. The maximum atomic E-state index is 12.7. The number of carbonyl (C=O) groups excluding carboxylic acids is 2. The Morgan fingerprint density at radius 2 is 1.90 bits per heavy atom. The number of amides is 2. The molecule has 1 aliphatic carbocycles. The molecule has 5 nitrogen and oxygen atoms in total. The van der Waals surface area contributed by atoms with Crippen molar-refractivity contribution < 1.29 is 13.8 Å². The Morgan fingerprint density at radius 3 is 2.38 bits per heavy atom. The first-order chi connectivity index (χ1) is 9.82. The van der Waals surface area contributed by atoms with E-state index in [1.54, 1.807) is 11.2 Å². The van der Waals surface area contributed by atoms with Gasteiger partial charge in [0, 0.05) is 28.9 Å². The first-order valence-corrected chi connectivity index (χ1v) is 9.38. The van der Waals surface area contributed by atoms with Crippen molar-refractivity contribution in [2.75, 3.05) is 12.8 Å². The molecule has 0 aromatic heterocycles. The van der Waals surface area contributed by atoms with E-state index in [1.807, 2.05) is 20.8 Å². The molecule has 0 aromatic rings. The number of nitrogens with one attached hydrogen (secondary N) is 1. The van der Waals surface area contributed by atoms with Gasteiger partial charge < -0.3 is 10.2 Å². The zero-order valence-electron chi connectivity index (χ0n) is 13.3. The Bertz CT molecular complexity index is 448. The summed E-state index contributed by atoms with van der Waals surface area (Å²) in [4.78, 5) is 26.8. The molecule has 2 rings (SSSR count). The Morgan fingerprint density at radius 1 is 1.29 bits per heavy atom. The summed E-state index contributed by atoms with van der Waals surface area (Å²) >= 11 is 0. The van der Waals surface area contributed by atoms with Crippen molar-refractivity contribution in [1.82, 2.24) is 10.2 Å². The lowest BCUT2D eigenvalue weighted by Crippen LogP contribution is -2.65. The molecule has 6 heteroatoms. The summed E-state index contributed by atoms with van der Waals surface area (Å²) in [7, 11) is -0.900. The lowest BCUT2D eigenvalue weighted by molar-refractivity contribution is -0.151. The van der Waals surface area contributed by atoms with Gasteiger partial charge in [-0.25, -0.2) is 0 Å². The number of rotatable bonds is 6. The van der Waals surface area contributed by atoms with Gasteiger partial charge in [-0.15, -0.1) is 0 Å². The molecular weight excluding hydrogens is 288 g/mol. The Labute approximate surface area is 129 Å². The van der Waals surface area contributed by atoms with Crippen LogP contribution in [0.2, 0.25) is 0 Å². The predicted octanol–water partition coefficient (Wildman–Crippen LogP) is 0.905. The average molecular weight is 314 g/mol. The molecule has 1 saturated heterocycles. The predicted molar refractivity (Wildman–Crippen MR) is 83.1 cm³/mol. The minimum absolute atomic E-state index is 0.0354. The van der Waals surface area contributed by atoms with E-state index in [9.17, 15) is 13.8 Å². The number of carbonyl (C=O) groups is 2. The fourth-order valence-corrected chi connectivity index (χ4v) is 3.34. The molecule has 4 atom stereocenters. The maximum absolute atomic E-state index is 12.7. The number of hydrogen-bond donors (Lipinski definition) is 1. The van der Waals surface area contributed by atoms with Gasteiger partial charge in [-0.05, 0) is 31.1 Å². The van der Waals surface area contributed by atoms with Crippen molar-refractivity contribution in [3.63, 3.8) is 0 Å². The molecule has 0 spiro atoms. The summed E-state index contributed by atoms with van der Waals surface area (Å²) in [5, 5.41) is 2.95. The highest BCUT2D eigenvalue weighted by Gasteiger charge is 2.47. The van der Waals surface area contributed by atoms with E-state index in [-0.39, 0.29) is 29.0 Å². The lowest BCUT2D eigenvalue weighted by atomic mass is 9.95. The van der Waals surface area contributed by atoms with Crippen LogP contribution in [0.4, 0.5) is 0 Å². The molecule has 2 amide bonds. The van der Waals surface area contributed by atoms with Gasteiger partial charge in [-0.2, -0.15) is 0 Å². The molecule has 2 aliphatic rings. The van der Waals surface area contributed by atoms with Gasteiger partial charge in [0.1, 0.15) is 12.1 Å². The number of nitrogens with zero attached hydrogens (tertiary/aromatic N) is 1. The summed E-state index contributed by atoms with van der Waals surface area (Å²) in [6.07, 6.45) is 4.39. The van der Waals surface area contributed by atoms with Crippen LogP contribution < -0.4 is 5.32 Å². The topological polar surface area (TPSA) is 66.5 Å². The molecule has 2 fully saturated rings. The van der Waals surface area contributed by atoms with Gasteiger partial charge in [0.15, 0.2) is 0 Å².